The highest BCUT2D eigenvalue weighted by Crippen LogP contribution is 2.32. The second-order valence-corrected chi connectivity index (χ2v) is 7.36. The van der Waals surface area contributed by atoms with Crippen LogP contribution < -0.4 is 10.1 Å². The first-order valence-corrected chi connectivity index (χ1v) is 9.67. The second kappa shape index (κ2) is 9.43. The van der Waals surface area contributed by atoms with Gasteiger partial charge in [0.1, 0.15) is 24.2 Å². The van der Waals surface area contributed by atoms with Crippen LogP contribution in [0.5, 0.6) is 5.75 Å². The maximum absolute atomic E-state index is 13.2. The van der Waals surface area contributed by atoms with Crippen molar-refractivity contribution in [3.05, 3.63) is 63.8 Å². The van der Waals surface area contributed by atoms with Crippen LogP contribution in [-0.2, 0) is 9.59 Å². The van der Waals surface area contributed by atoms with E-state index in [1.165, 1.54) is 18.2 Å². The second-order valence-electron chi connectivity index (χ2n) is 5.96. The van der Waals surface area contributed by atoms with Crippen molar-refractivity contribution in [2.45, 2.75) is 0 Å². The Morgan fingerprint density at radius 1 is 1.27 bits per heavy atom. The third-order valence-electron chi connectivity index (χ3n) is 3.86. The van der Waals surface area contributed by atoms with Crippen molar-refractivity contribution in [2.24, 2.45) is 0 Å². The molecule has 0 unspecified atom stereocenters. The average molecular weight is 446 g/mol. The number of nitriles is 1. The highest BCUT2D eigenvalue weighted by atomic mass is 35.5. The van der Waals surface area contributed by atoms with Crippen molar-refractivity contribution in [1.29, 1.82) is 5.26 Å². The van der Waals surface area contributed by atoms with E-state index in [2.05, 4.69) is 5.32 Å². The molecule has 10 heteroatoms. The molecule has 2 aromatic carbocycles. The molecule has 0 spiro atoms. The lowest BCUT2D eigenvalue weighted by Gasteiger charge is -2.12. The molecule has 7 nitrogen and oxygen atoms in total. The Morgan fingerprint density at radius 2 is 2.00 bits per heavy atom. The van der Waals surface area contributed by atoms with E-state index in [1.54, 1.807) is 24.3 Å². The van der Waals surface area contributed by atoms with E-state index >= 15 is 0 Å². The van der Waals surface area contributed by atoms with Gasteiger partial charge >= 0.3 is 0 Å². The van der Waals surface area contributed by atoms with Crippen molar-refractivity contribution in [2.75, 3.05) is 18.5 Å². The first-order valence-electron chi connectivity index (χ1n) is 8.47. The zero-order chi connectivity index (χ0) is 21.7. The summed E-state index contributed by atoms with van der Waals surface area (Å²) >= 11 is 6.39. The molecule has 1 N–H and O–H groups in total. The van der Waals surface area contributed by atoms with Gasteiger partial charge in [-0.05, 0) is 53.7 Å². The fourth-order valence-corrected chi connectivity index (χ4v) is 3.50. The number of amides is 3. The van der Waals surface area contributed by atoms with Gasteiger partial charge < -0.3 is 10.1 Å². The first kappa shape index (κ1) is 21.4. The van der Waals surface area contributed by atoms with Gasteiger partial charge in [0.05, 0.1) is 9.93 Å². The molecule has 152 valence electrons. The molecule has 0 aliphatic carbocycles. The van der Waals surface area contributed by atoms with E-state index in [9.17, 15) is 18.8 Å². The third-order valence-corrected chi connectivity index (χ3v) is 5.06. The number of thioether (sulfide) groups is 1. The summed E-state index contributed by atoms with van der Waals surface area (Å²) in [7, 11) is 0. The van der Waals surface area contributed by atoms with Crippen molar-refractivity contribution in [3.63, 3.8) is 0 Å². The van der Waals surface area contributed by atoms with Crippen molar-refractivity contribution in [1.82, 2.24) is 4.90 Å². The molecule has 0 bridgehead atoms. The quantitative estimate of drug-likeness (QED) is 0.673. The predicted molar refractivity (Wildman–Crippen MR) is 110 cm³/mol. The molecular weight excluding hydrogens is 433 g/mol. The molecule has 1 aliphatic rings. The number of anilines is 1. The zero-order valence-electron chi connectivity index (χ0n) is 15.2. The minimum atomic E-state index is -0.629. The maximum Gasteiger partial charge on any atom is 0.294 e. The molecule has 0 aromatic heterocycles. The molecule has 1 aliphatic heterocycles. The minimum absolute atomic E-state index is 0.0789. The van der Waals surface area contributed by atoms with Crippen molar-refractivity contribution < 1.29 is 23.5 Å². The van der Waals surface area contributed by atoms with Crippen LogP contribution in [0, 0.1) is 17.1 Å². The van der Waals surface area contributed by atoms with Crippen molar-refractivity contribution in [3.8, 4) is 11.8 Å². The number of rotatable bonds is 6. The molecule has 0 atom stereocenters. The van der Waals surface area contributed by atoms with E-state index in [4.69, 9.17) is 21.6 Å². The molecule has 1 fully saturated rings. The molecule has 1 heterocycles. The summed E-state index contributed by atoms with van der Waals surface area (Å²) in [5.74, 6) is -1.35. The van der Waals surface area contributed by atoms with Gasteiger partial charge in [0, 0.05) is 5.69 Å². The van der Waals surface area contributed by atoms with Gasteiger partial charge in [-0.15, -0.1) is 0 Å². The van der Waals surface area contributed by atoms with Gasteiger partial charge in [0.2, 0.25) is 5.91 Å². The number of nitrogens with zero attached hydrogens (tertiary/aromatic N) is 2. The summed E-state index contributed by atoms with van der Waals surface area (Å²) in [6.07, 6.45) is 1.52. The van der Waals surface area contributed by atoms with E-state index in [-0.39, 0.29) is 22.2 Å². The lowest BCUT2D eigenvalue weighted by molar-refractivity contribution is -0.127. The monoisotopic (exact) mass is 445 g/mol. The number of carbonyl (C=O) groups excluding carboxylic acids is 3. The van der Waals surface area contributed by atoms with E-state index in [1.807, 2.05) is 6.07 Å². The Balaban J connectivity index is 1.65. The number of carbonyl (C=O) groups is 3. The SMILES string of the molecule is N#CCOc1ccc(/C=C2\SC(=O)N(CC(=O)Nc3ccc(F)c(Cl)c3)C2=O)cc1. The Kier molecular flexibility index (Phi) is 6.72. The Morgan fingerprint density at radius 3 is 2.67 bits per heavy atom. The largest absolute Gasteiger partial charge is 0.479 e. The lowest BCUT2D eigenvalue weighted by Crippen LogP contribution is -2.36. The van der Waals surface area contributed by atoms with Crippen LogP contribution in [0.25, 0.3) is 6.08 Å². The summed E-state index contributed by atoms with van der Waals surface area (Å²) in [4.78, 5) is 37.9. The van der Waals surface area contributed by atoms with Crippen LogP contribution >= 0.6 is 23.4 Å². The van der Waals surface area contributed by atoms with E-state index in [0.29, 0.717) is 11.3 Å². The summed E-state index contributed by atoms with van der Waals surface area (Å²) in [5, 5.41) is 10.2. The topological polar surface area (TPSA) is 99.5 Å². The Hall–Kier alpha value is -3.35. The number of hydrogen-bond donors (Lipinski definition) is 1. The fourth-order valence-electron chi connectivity index (χ4n) is 2.48. The normalized spacial score (nSPS) is 14.7. The summed E-state index contributed by atoms with van der Waals surface area (Å²) in [5.41, 5.74) is 0.892. The van der Waals surface area contributed by atoms with Gasteiger partial charge in [0.25, 0.3) is 11.1 Å². The fraction of sp³-hybridized carbons (Fsp3) is 0.100. The number of hydrogen-bond acceptors (Lipinski definition) is 6. The van der Waals surface area contributed by atoms with Gasteiger partial charge in [-0.1, -0.05) is 23.7 Å². The molecular formula is C20H13ClFN3O4S. The van der Waals surface area contributed by atoms with Crippen molar-refractivity contribution >= 4 is 52.2 Å². The highest BCUT2D eigenvalue weighted by molar-refractivity contribution is 8.18. The maximum atomic E-state index is 13.2. The summed E-state index contributed by atoms with van der Waals surface area (Å²) in [6.45, 7) is -0.567. The van der Waals surface area contributed by atoms with E-state index < -0.39 is 29.4 Å². The number of nitrogens with one attached hydrogen (secondary N) is 1. The molecule has 1 saturated heterocycles. The molecule has 2 aromatic rings. The van der Waals surface area contributed by atoms with E-state index in [0.717, 1.165) is 22.7 Å². The number of imide groups is 1. The van der Waals surface area contributed by atoms with Gasteiger partial charge in [-0.2, -0.15) is 5.26 Å². The minimum Gasteiger partial charge on any atom is -0.479 e. The number of ether oxygens (including phenoxy) is 1. The summed E-state index contributed by atoms with van der Waals surface area (Å²) < 4.78 is 18.3. The van der Waals surface area contributed by atoms with Crippen LogP contribution in [0.2, 0.25) is 5.02 Å². The molecule has 0 radical (unpaired) electrons. The van der Waals surface area contributed by atoms with Crippen LogP contribution in [-0.4, -0.2) is 35.1 Å². The van der Waals surface area contributed by atoms with Crippen LogP contribution in [0.1, 0.15) is 5.56 Å². The molecule has 0 saturated carbocycles. The Labute approximate surface area is 180 Å². The van der Waals surface area contributed by atoms with Crippen LogP contribution in [0.3, 0.4) is 0 Å². The lowest BCUT2D eigenvalue weighted by atomic mass is 10.2. The average Bonchev–Trinajstić information content (AvgIpc) is 2.97. The smallest absolute Gasteiger partial charge is 0.294 e. The Bertz CT molecular complexity index is 1080. The molecule has 3 rings (SSSR count). The molecule has 3 amide bonds. The van der Waals surface area contributed by atoms with Crippen LogP contribution in [0.15, 0.2) is 47.4 Å². The summed E-state index contributed by atoms with van der Waals surface area (Å²) in [6, 6.07) is 12.1. The highest BCUT2D eigenvalue weighted by Gasteiger charge is 2.36. The van der Waals surface area contributed by atoms with Gasteiger partial charge in [-0.3, -0.25) is 19.3 Å². The standard InChI is InChI=1S/C20H13ClFN3O4S/c21-15-10-13(3-6-16(15)22)24-18(26)11-25-19(27)17(30-20(25)28)9-12-1-4-14(5-2-12)29-8-7-23/h1-6,9-10H,8,11H2,(H,24,26)/b17-9-. The number of halogens is 2. The van der Waals surface area contributed by atoms with Gasteiger partial charge in [-0.25, -0.2) is 4.39 Å². The zero-order valence-corrected chi connectivity index (χ0v) is 16.8. The van der Waals surface area contributed by atoms with Crippen LogP contribution in [0.4, 0.5) is 14.9 Å². The predicted octanol–water partition coefficient (Wildman–Crippen LogP) is 4.06. The number of benzene rings is 2. The van der Waals surface area contributed by atoms with Gasteiger partial charge in [0.15, 0.2) is 6.61 Å². The third kappa shape index (κ3) is 5.17. The molecule has 30 heavy (non-hydrogen) atoms. The first-order chi connectivity index (χ1) is 14.4.